The first kappa shape index (κ1) is 14.5. The molecule has 0 bridgehead atoms. The van der Waals surface area contributed by atoms with Crippen LogP contribution < -0.4 is 5.32 Å². The molecule has 0 atom stereocenters. The van der Waals surface area contributed by atoms with E-state index in [0.717, 1.165) is 5.56 Å². The fourth-order valence-electron chi connectivity index (χ4n) is 1.42. The molecule has 19 heavy (non-hydrogen) atoms. The van der Waals surface area contributed by atoms with E-state index in [1.807, 2.05) is 6.07 Å². The van der Waals surface area contributed by atoms with Crippen LogP contribution in [0.15, 0.2) is 18.2 Å². The molecular weight excluding hydrogens is 246 g/mol. The average molecular weight is 261 g/mol. The summed E-state index contributed by atoms with van der Waals surface area (Å²) >= 11 is 0. The maximum absolute atomic E-state index is 11.8. The van der Waals surface area contributed by atoms with Crippen LogP contribution in [0.5, 0.6) is 0 Å². The maximum Gasteiger partial charge on any atom is 0.335 e. The molecule has 6 nitrogen and oxygen atoms in total. The van der Waals surface area contributed by atoms with Crippen LogP contribution >= 0.6 is 0 Å². The molecule has 0 fully saturated rings. The van der Waals surface area contributed by atoms with Gasteiger partial charge in [0, 0.05) is 19.3 Å². The molecule has 1 aromatic carbocycles. The minimum absolute atomic E-state index is 0.112. The first-order chi connectivity index (χ1) is 8.95. The number of carbonyl (C=O) groups is 2. The molecule has 6 heteroatoms. The van der Waals surface area contributed by atoms with Crippen molar-refractivity contribution < 1.29 is 14.7 Å². The lowest BCUT2D eigenvalue weighted by Gasteiger charge is -2.17. The second kappa shape index (κ2) is 6.40. The highest BCUT2D eigenvalue weighted by molar-refractivity contribution is 5.93. The number of rotatable bonds is 4. The van der Waals surface area contributed by atoms with Crippen LogP contribution in [0.25, 0.3) is 0 Å². The molecule has 0 heterocycles. The Kier molecular flexibility index (Phi) is 4.89. The zero-order valence-electron chi connectivity index (χ0n) is 10.8. The van der Waals surface area contributed by atoms with Crippen LogP contribution in [0, 0.1) is 18.3 Å². The van der Waals surface area contributed by atoms with Crippen molar-refractivity contribution in [2.45, 2.75) is 13.3 Å². The van der Waals surface area contributed by atoms with E-state index in [9.17, 15) is 9.59 Å². The summed E-state index contributed by atoms with van der Waals surface area (Å²) in [6, 6.07) is 6.10. The predicted molar refractivity (Wildman–Crippen MR) is 70.0 cm³/mol. The lowest BCUT2D eigenvalue weighted by molar-refractivity contribution is 0.0697. The summed E-state index contributed by atoms with van der Waals surface area (Å²) in [4.78, 5) is 24.0. The van der Waals surface area contributed by atoms with E-state index in [1.165, 1.54) is 17.0 Å². The fourth-order valence-corrected chi connectivity index (χ4v) is 1.42. The number of nitrogens with one attached hydrogen (secondary N) is 1. The topological polar surface area (TPSA) is 93.4 Å². The van der Waals surface area contributed by atoms with Crippen molar-refractivity contribution in [1.29, 1.82) is 5.26 Å². The van der Waals surface area contributed by atoms with Crippen LogP contribution in [-0.2, 0) is 0 Å². The number of nitrogens with zero attached hydrogens (tertiary/aromatic N) is 2. The molecule has 0 unspecified atom stereocenters. The van der Waals surface area contributed by atoms with Crippen LogP contribution in [0.3, 0.4) is 0 Å². The average Bonchev–Trinajstić information content (AvgIpc) is 2.38. The summed E-state index contributed by atoms with van der Waals surface area (Å²) in [5.41, 5.74) is 1.33. The van der Waals surface area contributed by atoms with E-state index in [4.69, 9.17) is 10.4 Å². The van der Waals surface area contributed by atoms with Crippen LogP contribution in [0.1, 0.15) is 22.3 Å². The smallest absolute Gasteiger partial charge is 0.335 e. The monoisotopic (exact) mass is 261 g/mol. The number of hydrogen-bond donors (Lipinski definition) is 2. The van der Waals surface area contributed by atoms with Gasteiger partial charge in [0.1, 0.15) is 0 Å². The van der Waals surface area contributed by atoms with Crippen LogP contribution in [0.2, 0.25) is 0 Å². The number of anilines is 1. The van der Waals surface area contributed by atoms with Crippen molar-refractivity contribution >= 4 is 17.7 Å². The van der Waals surface area contributed by atoms with Gasteiger partial charge in [-0.1, -0.05) is 6.07 Å². The van der Waals surface area contributed by atoms with Crippen molar-refractivity contribution in [1.82, 2.24) is 4.90 Å². The number of carbonyl (C=O) groups excluding carboxylic acids is 1. The van der Waals surface area contributed by atoms with Crippen molar-refractivity contribution in [2.75, 3.05) is 18.9 Å². The summed E-state index contributed by atoms with van der Waals surface area (Å²) in [5.74, 6) is -1.05. The van der Waals surface area contributed by atoms with Gasteiger partial charge in [-0.05, 0) is 24.6 Å². The van der Waals surface area contributed by atoms with E-state index < -0.39 is 5.97 Å². The Morgan fingerprint density at radius 3 is 2.74 bits per heavy atom. The van der Waals surface area contributed by atoms with E-state index in [0.29, 0.717) is 12.2 Å². The summed E-state index contributed by atoms with van der Waals surface area (Å²) in [6.07, 6.45) is 0.248. The normalized spacial score (nSPS) is 9.53. The van der Waals surface area contributed by atoms with E-state index in [1.54, 1.807) is 20.0 Å². The Hall–Kier alpha value is -2.55. The summed E-state index contributed by atoms with van der Waals surface area (Å²) in [6.45, 7) is 2.09. The first-order valence-corrected chi connectivity index (χ1v) is 5.68. The number of aromatic carboxylic acids is 1. The molecule has 0 aromatic heterocycles. The molecule has 0 aliphatic rings. The third kappa shape index (κ3) is 4.00. The number of hydrogen-bond acceptors (Lipinski definition) is 3. The molecular formula is C13H15N3O3. The van der Waals surface area contributed by atoms with Gasteiger partial charge in [-0.3, -0.25) is 0 Å². The largest absolute Gasteiger partial charge is 0.478 e. The second-order valence-corrected chi connectivity index (χ2v) is 4.09. The van der Waals surface area contributed by atoms with Gasteiger partial charge in [-0.2, -0.15) is 5.26 Å². The number of carboxylic acid groups (broad SMARTS) is 1. The molecule has 2 amide bonds. The van der Waals surface area contributed by atoms with Gasteiger partial charge in [0.15, 0.2) is 0 Å². The molecule has 0 saturated heterocycles. The maximum atomic E-state index is 11.8. The standard InChI is InChI=1S/C13H15N3O3/c1-9-4-5-10(12(17)18)8-11(9)15-13(19)16(2)7-3-6-14/h4-5,8H,3,7H2,1-2H3,(H,15,19)(H,17,18). The number of nitriles is 1. The molecule has 0 saturated carbocycles. The number of urea groups is 1. The molecule has 0 spiro atoms. The lowest BCUT2D eigenvalue weighted by atomic mass is 10.1. The van der Waals surface area contributed by atoms with Crippen molar-refractivity contribution in [3.63, 3.8) is 0 Å². The summed E-state index contributed by atoms with van der Waals surface area (Å²) in [5, 5.41) is 20.0. The summed E-state index contributed by atoms with van der Waals surface area (Å²) < 4.78 is 0. The van der Waals surface area contributed by atoms with Gasteiger partial charge in [0.2, 0.25) is 0 Å². The summed E-state index contributed by atoms with van der Waals surface area (Å²) in [7, 11) is 1.57. The van der Waals surface area contributed by atoms with E-state index in [2.05, 4.69) is 5.32 Å². The molecule has 2 N–H and O–H groups in total. The van der Waals surface area contributed by atoms with Crippen LogP contribution in [0.4, 0.5) is 10.5 Å². The van der Waals surface area contributed by atoms with Gasteiger partial charge in [0.05, 0.1) is 18.1 Å². The Balaban J connectivity index is 2.81. The highest BCUT2D eigenvalue weighted by atomic mass is 16.4. The molecule has 0 aliphatic heterocycles. The Morgan fingerprint density at radius 1 is 1.47 bits per heavy atom. The SMILES string of the molecule is Cc1ccc(C(=O)O)cc1NC(=O)N(C)CCC#N. The van der Waals surface area contributed by atoms with Gasteiger partial charge < -0.3 is 15.3 Å². The van der Waals surface area contributed by atoms with E-state index in [-0.39, 0.29) is 18.0 Å². The molecule has 0 radical (unpaired) electrons. The molecule has 100 valence electrons. The van der Waals surface area contributed by atoms with E-state index >= 15 is 0 Å². The van der Waals surface area contributed by atoms with Crippen LogP contribution in [-0.4, -0.2) is 35.6 Å². The number of benzene rings is 1. The Labute approximate surface area is 111 Å². The third-order valence-corrected chi connectivity index (χ3v) is 2.63. The van der Waals surface area contributed by atoms with Crippen molar-refractivity contribution in [3.8, 4) is 6.07 Å². The number of aryl methyl sites for hydroxylation is 1. The van der Waals surface area contributed by atoms with Gasteiger partial charge >= 0.3 is 12.0 Å². The molecule has 1 aromatic rings. The zero-order chi connectivity index (χ0) is 14.4. The minimum Gasteiger partial charge on any atom is -0.478 e. The fraction of sp³-hybridized carbons (Fsp3) is 0.308. The Morgan fingerprint density at radius 2 is 2.16 bits per heavy atom. The second-order valence-electron chi connectivity index (χ2n) is 4.09. The molecule has 0 aliphatic carbocycles. The predicted octanol–water partition coefficient (Wildman–Crippen LogP) is 2.07. The number of carboxylic acids is 1. The molecule has 1 rings (SSSR count). The van der Waals surface area contributed by atoms with Gasteiger partial charge in [0.25, 0.3) is 0 Å². The lowest BCUT2D eigenvalue weighted by Crippen LogP contribution is -2.32. The highest BCUT2D eigenvalue weighted by Crippen LogP contribution is 2.17. The number of amides is 2. The van der Waals surface area contributed by atoms with Gasteiger partial charge in [-0.15, -0.1) is 0 Å². The Bertz CT molecular complexity index is 534. The van der Waals surface area contributed by atoms with Gasteiger partial charge in [-0.25, -0.2) is 9.59 Å². The highest BCUT2D eigenvalue weighted by Gasteiger charge is 2.11. The zero-order valence-corrected chi connectivity index (χ0v) is 10.8. The third-order valence-electron chi connectivity index (χ3n) is 2.63. The van der Waals surface area contributed by atoms with Crippen molar-refractivity contribution in [3.05, 3.63) is 29.3 Å². The quantitative estimate of drug-likeness (QED) is 0.867. The van der Waals surface area contributed by atoms with Crippen molar-refractivity contribution in [2.24, 2.45) is 0 Å². The minimum atomic E-state index is -1.05. The first-order valence-electron chi connectivity index (χ1n) is 5.68.